The fourth-order valence-electron chi connectivity index (χ4n) is 1.41. The van der Waals surface area contributed by atoms with Crippen molar-refractivity contribution in [1.82, 2.24) is 0 Å². The van der Waals surface area contributed by atoms with Gasteiger partial charge in [-0.25, -0.2) is 0 Å². The standard InChI is InChI=1S/C11H14ClN3O4/c1-19-8(6-13)5-11(16)14-7-2-3-9(12)10(4-7)15(17)18/h2-4,8H,5-6,13H2,1H3,(H,14,16). The average molecular weight is 288 g/mol. The number of methoxy groups -OCH3 is 1. The van der Waals surface area contributed by atoms with Crippen LogP contribution in [-0.2, 0) is 9.53 Å². The number of carbonyl (C=O) groups is 1. The molecule has 1 aromatic carbocycles. The predicted molar refractivity (Wildman–Crippen MR) is 71.2 cm³/mol. The molecule has 0 saturated heterocycles. The van der Waals surface area contributed by atoms with Crippen molar-refractivity contribution in [2.45, 2.75) is 12.5 Å². The van der Waals surface area contributed by atoms with Gasteiger partial charge < -0.3 is 15.8 Å². The second-order valence-electron chi connectivity index (χ2n) is 3.77. The number of nitro groups is 1. The Morgan fingerprint density at radius 2 is 2.32 bits per heavy atom. The highest BCUT2D eigenvalue weighted by Crippen LogP contribution is 2.27. The van der Waals surface area contributed by atoms with E-state index >= 15 is 0 Å². The van der Waals surface area contributed by atoms with Gasteiger partial charge in [0.15, 0.2) is 0 Å². The van der Waals surface area contributed by atoms with E-state index < -0.39 is 4.92 Å². The molecule has 8 heteroatoms. The summed E-state index contributed by atoms with van der Waals surface area (Å²) in [5, 5.41) is 13.2. The Morgan fingerprint density at radius 3 is 2.84 bits per heavy atom. The molecule has 1 unspecified atom stereocenters. The predicted octanol–water partition coefficient (Wildman–Crippen LogP) is 1.55. The number of hydrogen-bond donors (Lipinski definition) is 2. The summed E-state index contributed by atoms with van der Waals surface area (Å²) >= 11 is 5.67. The quantitative estimate of drug-likeness (QED) is 0.609. The minimum atomic E-state index is -0.615. The third kappa shape index (κ3) is 4.47. The molecule has 19 heavy (non-hydrogen) atoms. The van der Waals surface area contributed by atoms with Gasteiger partial charge in [0.05, 0.1) is 17.4 Å². The third-order valence-electron chi connectivity index (χ3n) is 2.44. The van der Waals surface area contributed by atoms with Gasteiger partial charge in [-0.2, -0.15) is 0 Å². The van der Waals surface area contributed by atoms with E-state index in [-0.39, 0.29) is 35.7 Å². The lowest BCUT2D eigenvalue weighted by atomic mass is 10.2. The lowest BCUT2D eigenvalue weighted by Crippen LogP contribution is -2.28. The van der Waals surface area contributed by atoms with Crippen LogP contribution in [0.5, 0.6) is 0 Å². The van der Waals surface area contributed by atoms with Gasteiger partial charge >= 0.3 is 0 Å². The Kier molecular flexibility index (Phi) is 5.68. The number of amides is 1. The fraction of sp³-hybridized carbons (Fsp3) is 0.364. The molecular formula is C11H14ClN3O4. The van der Waals surface area contributed by atoms with E-state index in [4.69, 9.17) is 22.1 Å². The lowest BCUT2D eigenvalue weighted by molar-refractivity contribution is -0.384. The number of hydrogen-bond acceptors (Lipinski definition) is 5. The van der Waals surface area contributed by atoms with Crippen molar-refractivity contribution in [3.05, 3.63) is 33.3 Å². The molecule has 0 aliphatic rings. The second-order valence-corrected chi connectivity index (χ2v) is 4.18. The van der Waals surface area contributed by atoms with Gasteiger partial charge in [0.1, 0.15) is 5.02 Å². The monoisotopic (exact) mass is 287 g/mol. The van der Waals surface area contributed by atoms with Crippen molar-refractivity contribution in [2.75, 3.05) is 19.0 Å². The van der Waals surface area contributed by atoms with Crippen molar-refractivity contribution in [2.24, 2.45) is 5.73 Å². The molecule has 1 amide bonds. The molecule has 3 N–H and O–H groups in total. The summed E-state index contributed by atoms with van der Waals surface area (Å²) in [4.78, 5) is 21.7. The van der Waals surface area contributed by atoms with Crippen LogP contribution in [0.15, 0.2) is 18.2 Å². The SMILES string of the molecule is COC(CN)CC(=O)Nc1ccc(Cl)c([N+](=O)[O-])c1. The van der Waals surface area contributed by atoms with E-state index in [2.05, 4.69) is 5.32 Å². The van der Waals surface area contributed by atoms with Crippen LogP contribution in [0.1, 0.15) is 6.42 Å². The number of nitrogens with one attached hydrogen (secondary N) is 1. The van der Waals surface area contributed by atoms with Gasteiger partial charge in [-0.15, -0.1) is 0 Å². The van der Waals surface area contributed by atoms with Gasteiger partial charge in [-0.3, -0.25) is 14.9 Å². The van der Waals surface area contributed by atoms with E-state index in [0.717, 1.165) is 0 Å². The molecule has 0 heterocycles. The molecule has 1 rings (SSSR count). The molecule has 1 atom stereocenters. The van der Waals surface area contributed by atoms with Crippen molar-refractivity contribution in [1.29, 1.82) is 0 Å². The van der Waals surface area contributed by atoms with Gasteiger partial charge in [-0.1, -0.05) is 11.6 Å². The first kappa shape index (κ1) is 15.4. The molecule has 0 spiro atoms. The molecule has 0 bridgehead atoms. The van der Waals surface area contributed by atoms with Crippen LogP contribution in [0.2, 0.25) is 5.02 Å². The van der Waals surface area contributed by atoms with E-state index in [1.807, 2.05) is 0 Å². The fourth-order valence-corrected chi connectivity index (χ4v) is 1.60. The summed E-state index contributed by atoms with van der Waals surface area (Å²) in [5.74, 6) is -0.339. The molecule has 0 aliphatic heterocycles. The molecule has 0 aliphatic carbocycles. The molecule has 7 nitrogen and oxygen atoms in total. The molecule has 104 valence electrons. The lowest BCUT2D eigenvalue weighted by Gasteiger charge is -2.12. The number of rotatable bonds is 6. The van der Waals surface area contributed by atoms with E-state index in [1.165, 1.54) is 25.3 Å². The summed E-state index contributed by atoms with van der Waals surface area (Å²) in [6, 6.07) is 4.04. The summed E-state index contributed by atoms with van der Waals surface area (Å²) in [6.45, 7) is 0.213. The maximum absolute atomic E-state index is 11.7. The third-order valence-corrected chi connectivity index (χ3v) is 2.76. The highest BCUT2D eigenvalue weighted by Gasteiger charge is 2.15. The first-order valence-electron chi connectivity index (χ1n) is 5.44. The zero-order chi connectivity index (χ0) is 14.4. The van der Waals surface area contributed by atoms with Gasteiger partial charge in [0.25, 0.3) is 5.69 Å². The first-order chi connectivity index (χ1) is 8.97. The zero-order valence-electron chi connectivity index (χ0n) is 10.3. The number of nitro benzene ring substituents is 1. The number of ether oxygens (including phenoxy) is 1. The highest BCUT2D eigenvalue weighted by molar-refractivity contribution is 6.32. The van der Waals surface area contributed by atoms with Crippen molar-refractivity contribution in [3.8, 4) is 0 Å². The number of benzene rings is 1. The van der Waals surface area contributed by atoms with E-state index in [1.54, 1.807) is 0 Å². The topological polar surface area (TPSA) is 107 Å². The minimum Gasteiger partial charge on any atom is -0.380 e. The Hall–Kier alpha value is -1.70. The van der Waals surface area contributed by atoms with Crippen LogP contribution in [0.25, 0.3) is 0 Å². The van der Waals surface area contributed by atoms with Crippen LogP contribution in [-0.4, -0.2) is 30.6 Å². The molecular weight excluding hydrogens is 274 g/mol. The summed E-state index contributed by atoms with van der Waals surface area (Å²) < 4.78 is 4.97. The van der Waals surface area contributed by atoms with Crippen molar-refractivity contribution >= 4 is 28.9 Å². The zero-order valence-corrected chi connectivity index (χ0v) is 11.0. The number of carbonyl (C=O) groups excluding carboxylic acids is 1. The maximum Gasteiger partial charge on any atom is 0.289 e. The van der Waals surface area contributed by atoms with E-state index in [0.29, 0.717) is 5.69 Å². The van der Waals surface area contributed by atoms with Crippen molar-refractivity contribution < 1.29 is 14.5 Å². The van der Waals surface area contributed by atoms with E-state index in [9.17, 15) is 14.9 Å². The number of nitrogens with zero attached hydrogens (tertiary/aromatic N) is 1. The van der Waals surface area contributed by atoms with Crippen LogP contribution in [0.3, 0.4) is 0 Å². The first-order valence-corrected chi connectivity index (χ1v) is 5.82. The van der Waals surface area contributed by atoms with Gasteiger partial charge in [0.2, 0.25) is 5.91 Å². The number of nitrogens with two attached hydrogens (primary N) is 1. The molecule has 0 saturated carbocycles. The number of halogens is 1. The van der Waals surface area contributed by atoms with Crippen LogP contribution >= 0.6 is 11.6 Å². The Labute approximate surface area is 114 Å². The summed E-state index contributed by atoms with van der Waals surface area (Å²) in [6.07, 6.45) is -0.314. The summed E-state index contributed by atoms with van der Waals surface area (Å²) in [7, 11) is 1.46. The minimum absolute atomic E-state index is 0.0136. The largest absolute Gasteiger partial charge is 0.380 e. The highest BCUT2D eigenvalue weighted by atomic mass is 35.5. The van der Waals surface area contributed by atoms with Crippen LogP contribution in [0.4, 0.5) is 11.4 Å². The maximum atomic E-state index is 11.7. The molecule has 1 aromatic rings. The number of anilines is 1. The normalized spacial score (nSPS) is 11.9. The molecule has 0 fully saturated rings. The van der Waals surface area contributed by atoms with Crippen LogP contribution < -0.4 is 11.1 Å². The summed E-state index contributed by atoms with van der Waals surface area (Å²) in [5.41, 5.74) is 5.43. The smallest absolute Gasteiger partial charge is 0.289 e. The Bertz CT molecular complexity index is 477. The molecule has 0 aromatic heterocycles. The average Bonchev–Trinajstić information content (AvgIpc) is 2.37. The Balaban J connectivity index is 2.74. The second kappa shape index (κ2) is 7.03. The van der Waals surface area contributed by atoms with Gasteiger partial charge in [-0.05, 0) is 12.1 Å². The molecule has 0 radical (unpaired) electrons. The van der Waals surface area contributed by atoms with Crippen molar-refractivity contribution in [3.63, 3.8) is 0 Å². The van der Waals surface area contributed by atoms with Crippen LogP contribution in [0, 0.1) is 10.1 Å². The Morgan fingerprint density at radius 1 is 1.63 bits per heavy atom. The van der Waals surface area contributed by atoms with Gasteiger partial charge in [0, 0.05) is 25.4 Å².